The molecule has 0 radical (unpaired) electrons. The number of carbonyl (C=O) groups is 2. The van der Waals surface area contributed by atoms with E-state index in [1.54, 1.807) is 0 Å². The van der Waals surface area contributed by atoms with Gasteiger partial charge >= 0.3 is 5.76 Å². The molecule has 1 atom stereocenters. The number of nitrogens with zero attached hydrogens (tertiary/aromatic N) is 1. The lowest BCUT2D eigenvalue weighted by Crippen LogP contribution is -2.44. The minimum Gasteiger partial charge on any atom is -0.408 e. The molecule has 1 N–H and O–H groups in total. The quantitative estimate of drug-likeness (QED) is 0.798. The number of oxazole rings is 1. The number of amides is 2. The average Bonchev–Trinajstić information content (AvgIpc) is 2.65. The summed E-state index contributed by atoms with van der Waals surface area (Å²) < 4.78 is 6.17. The third-order valence-corrected chi connectivity index (χ3v) is 2.81. The van der Waals surface area contributed by atoms with Gasteiger partial charge in [0, 0.05) is 6.42 Å². The van der Waals surface area contributed by atoms with E-state index in [0.29, 0.717) is 5.69 Å². The molecule has 0 saturated carbocycles. The number of rotatable bonds is 3. The van der Waals surface area contributed by atoms with Gasteiger partial charge in [0.25, 0.3) is 0 Å². The highest BCUT2D eigenvalue weighted by Crippen LogP contribution is 2.22. The number of imide groups is 1. The lowest BCUT2D eigenvalue weighted by atomic mass is 10.1. The number of aromatic nitrogens is 1. The van der Waals surface area contributed by atoms with Crippen molar-refractivity contribution in [2.45, 2.75) is 18.9 Å². The van der Waals surface area contributed by atoms with Gasteiger partial charge in [-0.2, -0.15) is 0 Å². The minimum absolute atomic E-state index is 0.189. The second-order valence-corrected chi connectivity index (χ2v) is 3.86. The fourth-order valence-corrected chi connectivity index (χ4v) is 1.98. The zero-order valence-electron chi connectivity index (χ0n) is 9.64. The van der Waals surface area contributed by atoms with Crippen molar-refractivity contribution in [2.24, 2.45) is 0 Å². The first-order valence-electron chi connectivity index (χ1n) is 5.42. The van der Waals surface area contributed by atoms with Crippen LogP contribution < -0.4 is 11.1 Å². The highest BCUT2D eigenvalue weighted by Gasteiger charge is 2.31. The van der Waals surface area contributed by atoms with Gasteiger partial charge in [0.15, 0.2) is 5.76 Å². The highest BCUT2D eigenvalue weighted by molar-refractivity contribution is 5.99. The number of hydrogen-bond acceptors (Lipinski definition) is 4. The molecule has 1 saturated heterocycles. The predicted molar refractivity (Wildman–Crippen MR) is 64.6 cm³/mol. The highest BCUT2D eigenvalue weighted by atomic mass is 16.4. The molecule has 2 rings (SSSR count). The Balaban J connectivity index is 2.51. The molecule has 2 amide bonds. The van der Waals surface area contributed by atoms with Crippen molar-refractivity contribution in [1.82, 2.24) is 9.88 Å². The third-order valence-electron chi connectivity index (χ3n) is 2.81. The van der Waals surface area contributed by atoms with E-state index in [0.717, 1.165) is 0 Å². The van der Waals surface area contributed by atoms with Gasteiger partial charge in [-0.15, -0.1) is 0 Å². The van der Waals surface area contributed by atoms with Gasteiger partial charge in [-0.25, -0.2) is 4.79 Å². The van der Waals surface area contributed by atoms with E-state index in [1.165, 1.54) is 16.7 Å². The third kappa shape index (κ3) is 1.81. The van der Waals surface area contributed by atoms with E-state index >= 15 is 0 Å². The van der Waals surface area contributed by atoms with Crippen LogP contribution in [-0.4, -0.2) is 16.4 Å². The van der Waals surface area contributed by atoms with E-state index < -0.39 is 17.7 Å². The number of nitrogens with one attached hydrogen (secondary N) is 1. The SMILES string of the molecule is C=Cc1oc(=O)n(C2CCC(=O)NC2=O)c1C=C. The predicted octanol–water partition coefficient (Wildman–Crippen LogP) is 0.705. The summed E-state index contributed by atoms with van der Waals surface area (Å²) in [5, 5.41) is 2.19. The van der Waals surface area contributed by atoms with Crippen molar-refractivity contribution in [1.29, 1.82) is 0 Å². The Morgan fingerprint density at radius 3 is 2.56 bits per heavy atom. The fraction of sp³-hybridized carbons (Fsp3) is 0.250. The molecule has 1 aliphatic rings. The molecular weight excluding hydrogens is 236 g/mol. The first-order valence-corrected chi connectivity index (χ1v) is 5.42. The summed E-state index contributed by atoms with van der Waals surface area (Å²) in [6.45, 7) is 7.10. The Morgan fingerprint density at radius 2 is 2.00 bits per heavy atom. The maximum atomic E-state index is 11.7. The standard InChI is InChI=1S/C12H12N2O4/c1-3-7-9(4-2)18-12(17)14(7)8-5-6-10(15)13-11(8)16/h3-4,8H,1-2,5-6H2,(H,13,15,16). The molecule has 94 valence electrons. The van der Waals surface area contributed by atoms with E-state index in [4.69, 9.17) is 4.42 Å². The number of piperidine rings is 1. The molecule has 6 nitrogen and oxygen atoms in total. The van der Waals surface area contributed by atoms with Crippen LogP contribution in [0.25, 0.3) is 12.2 Å². The van der Waals surface area contributed by atoms with Crippen molar-refractivity contribution in [3.05, 3.63) is 35.2 Å². The summed E-state index contributed by atoms with van der Waals surface area (Å²) in [4.78, 5) is 34.5. The second-order valence-electron chi connectivity index (χ2n) is 3.86. The van der Waals surface area contributed by atoms with E-state index in [9.17, 15) is 14.4 Å². The van der Waals surface area contributed by atoms with E-state index in [-0.39, 0.29) is 24.5 Å². The average molecular weight is 248 g/mol. The zero-order chi connectivity index (χ0) is 13.3. The van der Waals surface area contributed by atoms with Crippen molar-refractivity contribution >= 4 is 24.0 Å². The van der Waals surface area contributed by atoms with E-state index in [2.05, 4.69) is 18.5 Å². The number of hydrogen-bond donors (Lipinski definition) is 1. The molecule has 2 heterocycles. The Kier molecular flexibility index (Phi) is 3.01. The van der Waals surface area contributed by atoms with Crippen LogP contribution in [0.15, 0.2) is 22.4 Å². The Labute approximate surface area is 103 Å². The molecule has 6 heteroatoms. The van der Waals surface area contributed by atoms with Crippen LogP contribution in [-0.2, 0) is 9.59 Å². The molecule has 1 fully saturated rings. The van der Waals surface area contributed by atoms with Gasteiger partial charge in [-0.05, 0) is 18.6 Å². The van der Waals surface area contributed by atoms with Crippen LogP contribution in [0.5, 0.6) is 0 Å². The lowest BCUT2D eigenvalue weighted by Gasteiger charge is -2.21. The lowest BCUT2D eigenvalue weighted by molar-refractivity contribution is -0.135. The Hall–Kier alpha value is -2.37. The molecule has 0 aromatic carbocycles. The van der Waals surface area contributed by atoms with Gasteiger partial charge < -0.3 is 4.42 Å². The summed E-state index contributed by atoms with van der Waals surface area (Å²) in [7, 11) is 0. The molecule has 1 aromatic heterocycles. The van der Waals surface area contributed by atoms with Gasteiger partial charge in [0.1, 0.15) is 6.04 Å². The van der Waals surface area contributed by atoms with Crippen molar-refractivity contribution in [3.63, 3.8) is 0 Å². The monoisotopic (exact) mass is 248 g/mol. The number of carbonyl (C=O) groups excluding carboxylic acids is 2. The molecule has 0 aliphatic carbocycles. The first-order chi connectivity index (χ1) is 8.58. The van der Waals surface area contributed by atoms with Crippen LogP contribution >= 0.6 is 0 Å². The molecule has 1 unspecified atom stereocenters. The Bertz CT molecular complexity index is 594. The molecule has 0 spiro atoms. The summed E-state index contributed by atoms with van der Waals surface area (Å²) in [5.74, 6) is -1.24. The van der Waals surface area contributed by atoms with Crippen LogP contribution in [0.3, 0.4) is 0 Å². The largest absolute Gasteiger partial charge is 0.420 e. The maximum Gasteiger partial charge on any atom is 0.420 e. The molecule has 1 aromatic rings. The molecular formula is C12H12N2O4. The van der Waals surface area contributed by atoms with Crippen LogP contribution in [0.1, 0.15) is 30.3 Å². The summed E-state index contributed by atoms with van der Waals surface area (Å²) in [6.07, 6.45) is 3.25. The van der Waals surface area contributed by atoms with Crippen molar-refractivity contribution in [2.75, 3.05) is 0 Å². The fourth-order valence-electron chi connectivity index (χ4n) is 1.98. The summed E-state index contributed by atoms with van der Waals surface area (Å²) in [6, 6.07) is -0.749. The van der Waals surface area contributed by atoms with Crippen molar-refractivity contribution < 1.29 is 14.0 Å². The molecule has 18 heavy (non-hydrogen) atoms. The molecule has 1 aliphatic heterocycles. The van der Waals surface area contributed by atoms with E-state index in [1.807, 2.05) is 0 Å². The van der Waals surface area contributed by atoms with Crippen LogP contribution in [0.2, 0.25) is 0 Å². The summed E-state index contributed by atoms with van der Waals surface area (Å²) in [5.41, 5.74) is 0.393. The van der Waals surface area contributed by atoms with Crippen LogP contribution in [0, 0.1) is 0 Å². The van der Waals surface area contributed by atoms with Crippen LogP contribution in [0.4, 0.5) is 0 Å². The second kappa shape index (κ2) is 4.48. The summed E-state index contributed by atoms with van der Waals surface area (Å²) >= 11 is 0. The topological polar surface area (TPSA) is 81.3 Å². The van der Waals surface area contributed by atoms with Gasteiger partial charge in [-0.1, -0.05) is 13.2 Å². The maximum absolute atomic E-state index is 11.7. The smallest absolute Gasteiger partial charge is 0.408 e. The van der Waals surface area contributed by atoms with Gasteiger partial charge in [0.2, 0.25) is 11.8 Å². The van der Waals surface area contributed by atoms with Crippen molar-refractivity contribution in [3.8, 4) is 0 Å². The normalized spacial score (nSPS) is 19.4. The molecule has 0 bridgehead atoms. The zero-order valence-corrected chi connectivity index (χ0v) is 9.64. The first kappa shape index (κ1) is 12.1. The van der Waals surface area contributed by atoms with Gasteiger partial charge in [0.05, 0.1) is 5.69 Å². The van der Waals surface area contributed by atoms with Gasteiger partial charge in [-0.3, -0.25) is 19.5 Å². The Morgan fingerprint density at radius 1 is 1.28 bits per heavy atom. The minimum atomic E-state index is -0.749.